The largest absolute Gasteiger partial charge is 0.497 e. The lowest BCUT2D eigenvalue weighted by atomic mass is 10.3. The molecule has 1 unspecified atom stereocenters. The fourth-order valence-electron chi connectivity index (χ4n) is 2.71. The predicted octanol–water partition coefficient (Wildman–Crippen LogP) is 6.74. The summed E-state index contributed by atoms with van der Waals surface area (Å²) in [5, 5.41) is 3.67. The van der Waals surface area contributed by atoms with Crippen molar-refractivity contribution in [1.29, 1.82) is 0 Å². The lowest BCUT2D eigenvalue weighted by molar-refractivity contribution is 0.414. The van der Waals surface area contributed by atoms with Gasteiger partial charge in [-0.2, -0.15) is 0 Å². The minimum atomic E-state index is 0.0171. The quantitative estimate of drug-likeness (QED) is 0.377. The summed E-state index contributed by atoms with van der Waals surface area (Å²) in [7, 11) is 1.71. The van der Waals surface area contributed by atoms with Gasteiger partial charge < -0.3 is 4.74 Å². The minimum Gasteiger partial charge on any atom is -0.497 e. The monoisotopic (exact) mass is 349 g/mol. The van der Waals surface area contributed by atoms with Crippen molar-refractivity contribution >= 4 is 32.3 Å². The van der Waals surface area contributed by atoms with Crippen molar-refractivity contribution in [1.82, 2.24) is 0 Å². The molecule has 0 aliphatic rings. The Morgan fingerprint density at radius 1 is 0.792 bits per heavy atom. The topological polar surface area (TPSA) is 9.23 Å². The van der Waals surface area contributed by atoms with E-state index in [9.17, 15) is 0 Å². The summed E-state index contributed by atoms with van der Waals surface area (Å²) < 4.78 is 6.66. The summed E-state index contributed by atoms with van der Waals surface area (Å²) in [6.07, 6.45) is 0. The smallest absolute Gasteiger partial charge is 0.192 e. The highest BCUT2D eigenvalue weighted by Crippen LogP contribution is 2.45. The molecule has 0 saturated heterocycles. The summed E-state index contributed by atoms with van der Waals surface area (Å²) in [6, 6.07) is 27.9. The van der Waals surface area contributed by atoms with Gasteiger partial charge in [0.1, 0.15) is 11.1 Å². The Kier molecular flexibility index (Phi) is 4.28. The molecule has 118 valence electrons. The Labute approximate surface area is 148 Å². The van der Waals surface area contributed by atoms with E-state index in [1.54, 1.807) is 7.11 Å². The van der Waals surface area contributed by atoms with Crippen molar-refractivity contribution in [2.24, 2.45) is 0 Å². The van der Waals surface area contributed by atoms with Gasteiger partial charge in [0.25, 0.3) is 0 Å². The average Bonchev–Trinajstić information content (AvgIpc) is 3.07. The van der Waals surface area contributed by atoms with Gasteiger partial charge in [0, 0.05) is 26.8 Å². The number of rotatable bonds is 4. The van der Waals surface area contributed by atoms with E-state index >= 15 is 0 Å². The molecular formula is C21H17OS2+. The third-order valence-electron chi connectivity index (χ3n) is 3.91. The fraction of sp³-hybridized carbons (Fsp3) is 0.0476. The molecule has 0 spiro atoms. The van der Waals surface area contributed by atoms with Crippen LogP contribution in [-0.4, -0.2) is 7.11 Å². The second-order valence-electron chi connectivity index (χ2n) is 5.40. The highest BCUT2D eigenvalue weighted by atomic mass is 32.2. The number of ether oxygens (including phenoxy) is 1. The van der Waals surface area contributed by atoms with Gasteiger partial charge in [0.2, 0.25) is 0 Å². The molecule has 4 aromatic rings. The molecule has 0 radical (unpaired) electrons. The molecule has 1 atom stereocenters. The van der Waals surface area contributed by atoms with Crippen LogP contribution in [0.25, 0.3) is 15.0 Å². The third-order valence-corrected chi connectivity index (χ3v) is 7.21. The van der Waals surface area contributed by atoms with E-state index in [1.165, 1.54) is 24.8 Å². The maximum absolute atomic E-state index is 5.25. The van der Waals surface area contributed by atoms with Gasteiger partial charge in [-0.3, -0.25) is 0 Å². The Morgan fingerprint density at radius 2 is 1.54 bits per heavy atom. The summed E-state index contributed by atoms with van der Waals surface area (Å²) >= 11 is 1.81. The molecule has 3 heteroatoms. The first-order valence-corrected chi connectivity index (χ1v) is 9.87. The van der Waals surface area contributed by atoms with Crippen LogP contribution in [0.2, 0.25) is 0 Å². The molecular weight excluding hydrogens is 332 g/mol. The van der Waals surface area contributed by atoms with Crippen LogP contribution in [0.5, 0.6) is 5.75 Å². The first-order chi connectivity index (χ1) is 11.8. The van der Waals surface area contributed by atoms with Crippen LogP contribution < -0.4 is 4.74 Å². The van der Waals surface area contributed by atoms with E-state index in [-0.39, 0.29) is 10.5 Å². The molecule has 1 heterocycles. The first kappa shape index (κ1) is 15.3. The van der Waals surface area contributed by atoms with Gasteiger partial charge in [-0.25, -0.2) is 0 Å². The van der Waals surface area contributed by atoms with E-state index in [1.807, 2.05) is 23.9 Å². The van der Waals surface area contributed by atoms with Crippen LogP contribution in [0.3, 0.4) is 0 Å². The van der Waals surface area contributed by atoms with Gasteiger partial charge in [-0.05, 0) is 48.5 Å². The summed E-state index contributed by atoms with van der Waals surface area (Å²) in [6.45, 7) is 0. The first-order valence-electron chi connectivity index (χ1n) is 7.76. The van der Waals surface area contributed by atoms with E-state index in [0.717, 1.165) is 5.75 Å². The zero-order valence-corrected chi connectivity index (χ0v) is 14.9. The second-order valence-corrected chi connectivity index (χ2v) is 8.35. The Balaban J connectivity index is 1.75. The molecule has 0 bridgehead atoms. The van der Waals surface area contributed by atoms with Crippen LogP contribution in [0.15, 0.2) is 94.0 Å². The van der Waals surface area contributed by atoms with Gasteiger partial charge in [-0.1, -0.05) is 36.0 Å². The number of hydrogen-bond donors (Lipinski definition) is 0. The zero-order valence-electron chi connectivity index (χ0n) is 13.3. The van der Waals surface area contributed by atoms with E-state index in [4.69, 9.17) is 4.74 Å². The van der Waals surface area contributed by atoms with Crippen LogP contribution in [0.1, 0.15) is 0 Å². The van der Waals surface area contributed by atoms with Crippen molar-refractivity contribution in [3.63, 3.8) is 0 Å². The van der Waals surface area contributed by atoms with Gasteiger partial charge in [0.05, 0.1) is 12.0 Å². The van der Waals surface area contributed by atoms with Crippen molar-refractivity contribution < 1.29 is 4.74 Å². The maximum Gasteiger partial charge on any atom is 0.192 e. The van der Waals surface area contributed by atoms with E-state index in [2.05, 4.69) is 72.1 Å². The Hall–Kier alpha value is -2.23. The lowest BCUT2D eigenvalue weighted by Gasteiger charge is -2.05. The summed E-state index contributed by atoms with van der Waals surface area (Å²) in [4.78, 5) is 3.93. The number of thiophene rings is 1. The fourth-order valence-corrected chi connectivity index (χ4v) is 5.89. The van der Waals surface area contributed by atoms with Crippen LogP contribution in [0, 0.1) is 0 Å². The summed E-state index contributed by atoms with van der Waals surface area (Å²) in [5.41, 5.74) is 0. The number of methoxy groups -OCH3 is 1. The highest BCUT2D eigenvalue weighted by Gasteiger charge is 2.19. The van der Waals surface area contributed by atoms with E-state index in [0.29, 0.717) is 0 Å². The second kappa shape index (κ2) is 6.71. The zero-order chi connectivity index (χ0) is 16.4. The molecule has 0 N–H and O–H groups in total. The third kappa shape index (κ3) is 2.93. The number of hydrogen-bond acceptors (Lipinski definition) is 2. The molecule has 0 aliphatic carbocycles. The average molecular weight is 350 g/mol. The van der Waals surface area contributed by atoms with Gasteiger partial charge in [0.15, 0.2) is 9.60 Å². The van der Waals surface area contributed by atoms with Gasteiger partial charge >= 0.3 is 0 Å². The van der Waals surface area contributed by atoms with Crippen LogP contribution in [0.4, 0.5) is 0 Å². The molecule has 0 saturated carbocycles. The molecule has 3 aromatic carbocycles. The number of benzene rings is 3. The predicted molar refractivity (Wildman–Crippen MR) is 105 cm³/mol. The summed E-state index contributed by atoms with van der Waals surface area (Å²) in [5.74, 6) is 0.891. The molecule has 1 nitrogen and oxygen atoms in total. The van der Waals surface area contributed by atoms with E-state index < -0.39 is 0 Å². The molecule has 0 fully saturated rings. The molecule has 0 amide bonds. The van der Waals surface area contributed by atoms with Gasteiger partial charge in [-0.15, -0.1) is 0 Å². The Bertz CT molecular complexity index is 970. The van der Waals surface area contributed by atoms with Crippen LogP contribution >= 0.6 is 22.2 Å². The lowest BCUT2D eigenvalue weighted by Crippen LogP contribution is -1.82. The SMILES string of the molecule is COc1ccc(Sc2ccccc2-[s+]2ccc3ccccc32)cc1. The molecule has 24 heavy (non-hydrogen) atoms. The van der Waals surface area contributed by atoms with Crippen molar-refractivity contribution in [3.8, 4) is 10.6 Å². The van der Waals surface area contributed by atoms with Crippen molar-refractivity contribution in [2.75, 3.05) is 7.11 Å². The van der Waals surface area contributed by atoms with Crippen molar-refractivity contribution in [3.05, 3.63) is 84.2 Å². The van der Waals surface area contributed by atoms with Crippen molar-refractivity contribution in [2.45, 2.75) is 9.79 Å². The standard InChI is InChI=1S/C21H17OS2/c1-22-17-10-12-18(13-11-17)23-19-7-3-5-9-21(19)24-15-14-16-6-2-4-8-20(16)24/h2-15H,1H3/q+1. The molecule has 4 rings (SSSR count). The molecule has 1 aromatic heterocycles. The molecule has 0 aliphatic heterocycles. The maximum atomic E-state index is 5.25. The minimum absolute atomic E-state index is 0.0171. The Morgan fingerprint density at radius 3 is 2.38 bits per heavy atom. The highest BCUT2D eigenvalue weighted by molar-refractivity contribution is 7.99. The normalized spacial score (nSPS) is 11.6. The van der Waals surface area contributed by atoms with Crippen LogP contribution in [-0.2, 0) is 0 Å². The number of fused-ring (bicyclic) bond motifs is 1.